The van der Waals surface area contributed by atoms with Crippen molar-refractivity contribution in [2.75, 3.05) is 0 Å². The first-order chi connectivity index (χ1) is 4.81. The van der Waals surface area contributed by atoms with Crippen molar-refractivity contribution in [1.29, 1.82) is 0 Å². The lowest BCUT2D eigenvalue weighted by Gasteiger charge is -2.31. The van der Waals surface area contributed by atoms with Gasteiger partial charge in [-0.3, -0.25) is 0 Å². The minimum absolute atomic E-state index is 0.151. The molecule has 2 N–H and O–H groups in total. The summed E-state index contributed by atoms with van der Waals surface area (Å²) in [6.45, 7) is 0. The molecule has 0 atom stereocenters. The monoisotopic (exact) mass is 137 g/mol. The van der Waals surface area contributed by atoms with Gasteiger partial charge in [0.15, 0.2) is 0 Å². The van der Waals surface area contributed by atoms with Crippen molar-refractivity contribution in [3.63, 3.8) is 0 Å². The van der Waals surface area contributed by atoms with Gasteiger partial charge in [-0.25, -0.2) is 0 Å². The van der Waals surface area contributed by atoms with E-state index in [0.29, 0.717) is 0 Å². The van der Waals surface area contributed by atoms with E-state index in [-0.39, 0.29) is 5.54 Å². The fraction of sp³-hybridized carbons (Fsp3) is 0.778. The fourth-order valence-corrected chi connectivity index (χ4v) is 2.07. The van der Waals surface area contributed by atoms with E-state index in [0.717, 1.165) is 0 Å². The van der Waals surface area contributed by atoms with Crippen LogP contribution in [-0.4, -0.2) is 5.54 Å². The zero-order valence-corrected chi connectivity index (χ0v) is 6.40. The lowest BCUT2D eigenvalue weighted by molar-refractivity contribution is 0.478. The molecular formula is C9H15N. The van der Waals surface area contributed by atoms with E-state index in [1.165, 1.54) is 38.5 Å². The molecule has 56 valence electrons. The molecule has 0 spiro atoms. The highest BCUT2D eigenvalue weighted by Gasteiger charge is 2.34. The van der Waals surface area contributed by atoms with E-state index in [2.05, 4.69) is 6.08 Å². The molecule has 0 aliphatic heterocycles. The van der Waals surface area contributed by atoms with Crippen LogP contribution in [0, 0.1) is 0 Å². The minimum atomic E-state index is 0.151. The van der Waals surface area contributed by atoms with Gasteiger partial charge in [-0.05, 0) is 25.7 Å². The van der Waals surface area contributed by atoms with Crippen LogP contribution in [0.25, 0.3) is 0 Å². The first-order valence-corrected chi connectivity index (χ1v) is 4.30. The van der Waals surface area contributed by atoms with E-state index in [9.17, 15) is 0 Å². The van der Waals surface area contributed by atoms with Gasteiger partial charge >= 0.3 is 0 Å². The van der Waals surface area contributed by atoms with Gasteiger partial charge in [-0.15, -0.1) is 0 Å². The third-order valence-electron chi connectivity index (χ3n) is 2.94. The number of rotatable bonds is 1. The average molecular weight is 137 g/mol. The summed E-state index contributed by atoms with van der Waals surface area (Å²) >= 11 is 0. The Morgan fingerprint density at radius 1 is 1.30 bits per heavy atom. The molecule has 0 unspecified atom stereocenters. The molecule has 0 saturated heterocycles. The second kappa shape index (κ2) is 2.09. The number of allylic oxidation sites excluding steroid dienone is 1. The Morgan fingerprint density at radius 3 is 2.30 bits per heavy atom. The van der Waals surface area contributed by atoms with Gasteiger partial charge in [-0.2, -0.15) is 0 Å². The quantitative estimate of drug-likeness (QED) is 0.549. The van der Waals surface area contributed by atoms with Crippen molar-refractivity contribution in [2.24, 2.45) is 5.73 Å². The van der Waals surface area contributed by atoms with Crippen LogP contribution in [0.5, 0.6) is 0 Å². The largest absolute Gasteiger partial charge is 0.322 e. The summed E-state index contributed by atoms with van der Waals surface area (Å²) in [5, 5.41) is 0. The van der Waals surface area contributed by atoms with Gasteiger partial charge in [0.25, 0.3) is 0 Å². The minimum Gasteiger partial charge on any atom is -0.322 e. The highest BCUT2D eigenvalue weighted by atomic mass is 14.8. The highest BCUT2D eigenvalue weighted by Crippen LogP contribution is 2.39. The van der Waals surface area contributed by atoms with Gasteiger partial charge < -0.3 is 5.73 Å². The Hall–Kier alpha value is -0.300. The fourth-order valence-electron chi connectivity index (χ4n) is 2.07. The molecule has 2 aliphatic carbocycles. The highest BCUT2D eigenvalue weighted by molar-refractivity contribution is 5.27. The number of hydrogen-bond acceptors (Lipinski definition) is 1. The van der Waals surface area contributed by atoms with Crippen molar-refractivity contribution < 1.29 is 0 Å². The Labute approximate surface area is 62.3 Å². The van der Waals surface area contributed by atoms with Gasteiger partial charge in [0.1, 0.15) is 0 Å². The predicted octanol–water partition coefficient (Wildman–Crippen LogP) is 1.98. The van der Waals surface area contributed by atoms with Gasteiger partial charge in [0, 0.05) is 5.54 Å². The third kappa shape index (κ3) is 0.807. The zero-order chi connectivity index (χ0) is 7.03. The molecule has 1 nitrogen and oxygen atoms in total. The lowest BCUT2D eigenvalue weighted by Crippen LogP contribution is -2.40. The predicted molar refractivity (Wildman–Crippen MR) is 42.7 cm³/mol. The van der Waals surface area contributed by atoms with Crippen LogP contribution >= 0.6 is 0 Å². The summed E-state index contributed by atoms with van der Waals surface area (Å²) in [5.74, 6) is 0. The van der Waals surface area contributed by atoms with Crippen molar-refractivity contribution in [3.05, 3.63) is 11.6 Å². The first-order valence-electron chi connectivity index (χ1n) is 4.30. The van der Waals surface area contributed by atoms with Crippen molar-refractivity contribution in [1.82, 2.24) is 0 Å². The van der Waals surface area contributed by atoms with E-state index in [1.807, 2.05) is 0 Å². The third-order valence-corrected chi connectivity index (χ3v) is 2.94. The van der Waals surface area contributed by atoms with Crippen LogP contribution in [0.1, 0.15) is 38.5 Å². The Balaban J connectivity index is 2.12. The summed E-state index contributed by atoms with van der Waals surface area (Å²) < 4.78 is 0. The lowest BCUT2D eigenvalue weighted by atomic mass is 9.80. The smallest absolute Gasteiger partial charge is 0.0368 e. The molecule has 0 aromatic rings. The molecule has 0 radical (unpaired) electrons. The molecular weight excluding hydrogens is 122 g/mol. The molecule has 0 amide bonds. The number of nitrogens with two attached hydrogens (primary N) is 1. The van der Waals surface area contributed by atoms with Gasteiger partial charge in [0.05, 0.1) is 0 Å². The van der Waals surface area contributed by atoms with Crippen LogP contribution in [0.3, 0.4) is 0 Å². The first kappa shape index (κ1) is 6.41. The molecule has 10 heavy (non-hydrogen) atoms. The SMILES string of the molecule is NC1(C2=CCC2)CCCC1. The van der Waals surface area contributed by atoms with E-state index in [1.54, 1.807) is 5.57 Å². The van der Waals surface area contributed by atoms with Crippen molar-refractivity contribution in [3.8, 4) is 0 Å². The maximum atomic E-state index is 6.20. The molecule has 2 rings (SSSR count). The molecule has 1 fully saturated rings. The van der Waals surface area contributed by atoms with E-state index in [4.69, 9.17) is 5.73 Å². The molecule has 0 aromatic carbocycles. The molecule has 0 bridgehead atoms. The standard InChI is InChI=1S/C9H15N/c10-9(6-1-2-7-9)8-4-3-5-8/h4H,1-3,5-7,10H2. The summed E-state index contributed by atoms with van der Waals surface area (Å²) in [6, 6.07) is 0. The number of hydrogen-bond donors (Lipinski definition) is 1. The zero-order valence-electron chi connectivity index (χ0n) is 6.40. The van der Waals surface area contributed by atoms with Crippen molar-refractivity contribution >= 4 is 0 Å². The van der Waals surface area contributed by atoms with Crippen LogP contribution in [0.15, 0.2) is 11.6 Å². The summed E-state index contributed by atoms with van der Waals surface area (Å²) in [4.78, 5) is 0. The molecule has 0 aromatic heterocycles. The second-order valence-electron chi connectivity index (χ2n) is 3.63. The Bertz CT molecular complexity index is 164. The maximum absolute atomic E-state index is 6.20. The maximum Gasteiger partial charge on any atom is 0.0368 e. The summed E-state index contributed by atoms with van der Waals surface area (Å²) in [7, 11) is 0. The van der Waals surface area contributed by atoms with Crippen molar-refractivity contribution in [2.45, 2.75) is 44.1 Å². The Morgan fingerprint density at radius 2 is 1.90 bits per heavy atom. The summed E-state index contributed by atoms with van der Waals surface area (Å²) in [6.07, 6.45) is 10.0. The molecule has 0 heterocycles. The van der Waals surface area contributed by atoms with E-state index >= 15 is 0 Å². The van der Waals surface area contributed by atoms with Gasteiger partial charge in [-0.1, -0.05) is 24.5 Å². The molecule has 1 saturated carbocycles. The van der Waals surface area contributed by atoms with Crippen LogP contribution in [0.4, 0.5) is 0 Å². The molecule has 1 heteroatoms. The second-order valence-corrected chi connectivity index (χ2v) is 3.63. The van der Waals surface area contributed by atoms with Crippen LogP contribution in [0.2, 0.25) is 0 Å². The normalized spacial score (nSPS) is 29.5. The van der Waals surface area contributed by atoms with Gasteiger partial charge in [0.2, 0.25) is 0 Å². The molecule has 2 aliphatic rings. The van der Waals surface area contributed by atoms with E-state index < -0.39 is 0 Å². The topological polar surface area (TPSA) is 26.0 Å². The van der Waals surface area contributed by atoms with Crippen LogP contribution < -0.4 is 5.73 Å². The Kier molecular flexibility index (Phi) is 1.34. The summed E-state index contributed by atoms with van der Waals surface area (Å²) in [5.41, 5.74) is 7.89. The van der Waals surface area contributed by atoms with Crippen LogP contribution in [-0.2, 0) is 0 Å². The average Bonchev–Trinajstić information content (AvgIpc) is 2.09.